The van der Waals surface area contributed by atoms with Gasteiger partial charge in [-0.05, 0) is 0 Å². The Balaban J connectivity index is 2.19. The Kier molecular flexibility index (Phi) is 3.79. The van der Waals surface area contributed by atoms with Crippen molar-refractivity contribution in [2.45, 2.75) is 0 Å². The third-order valence-corrected chi connectivity index (χ3v) is 0.228. The quantitative estimate of drug-likeness (QED) is 0.329. The first-order chi connectivity index (χ1) is 2.41. The van der Waals surface area contributed by atoms with Crippen LogP contribution in [0.1, 0.15) is 0 Å². The molecule has 0 saturated carbocycles. The Labute approximate surface area is 31.1 Å². The lowest BCUT2D eigenvalue weighted by atomic mass is 11.4. The van der Waals surface area contributed by atoms with E-state index in [0.717, 1.165) is 0 Å². The van der Waals surface area contributed by atoms with Gasteiger partial charge in [0.1, 0.15) is 6.73 Å². The van der Waals surface area contributed by atoms with E-state index >= 15 is 0 Å². The highest BCUT2D eigenvalue weighted by Gasteiger charge is 1.60. The Morgan fingerprint density at radius 2 is 2.60 bits per heavy atom. The predicted octanol–water partition coefficient (Wildman–Crippen LogP) is -0.946. The van der Waals surface area contributed by atoms with Crippen molar-refractivity contribution in [3.05, 3.63) is 0 Å². The summed E-state index contributed by atoms with van der Waals surface area (Å²) < 4.78 is 0. The smallest absolute Gasteiger partial charge is 0.116 e. The van der Waals surface area contributed by atoms with Crippen LogP contribution in [0.5, 0.6) is 0 Å². The highest BCUT2D eigenvalue weighted by Crippen LogP contribution is 1.42. The van der Waals surface area contributed by atoms with Crippen LogP contribution in [0.4, 0.5) is 0 Å². The molecule has 0 aromatic carbocycles. The van der Waals surface area contributed by atoms with E-state index < -0.39 is 0 Å². The van der Waals surface area contributed by atoms with Crippen LogP contribution >= 0.6 is 0 Å². The number of nitrogens with one attached hydrogen (secondary N) is 1. The minimum atomic E-state index is 0.233. The van der Waals surface area contributed by atoms with Gasteiger partial charge in [0.15, 0.2) is 0 Å². The summed E-state index contributed by atoms with van der Waals surface area (Å²) in [5.41, 5.74) is 7.25. The van der Waals surface area contributed by atoms with Crippen molar-refractivity contribution >= 4 is 0 Å². The van der Waals surface area contributed by atoms with E-state index in [4.69, 9.17) is 5.73 Å². The van der Waals surface area contributed by atoms with Crippen molar-refractivity contribution < 1.29 is 4.84 Å². The van der Waals surface area contributed by atoms with Crippen molar-refractivity contribution in [2.75, 3.05) is 13.8 Å². The van der Waals surface area contributed by atoms with E-state index in [1.807, 2.05) is 0 Å². The van der Waals surface area contributed by atoms with Gasteiger partial charge >= 0.3 is 0 Å². The second-order valence-corrected chi connectivity index (χ2v) is 0.515. The molecule has 0 unspecified atom stereocenters. The van der Waals surface area contributed by atoms with E-state index in [1.54, 1.807) is 7.05 Å². The first kappa shape index (κ1) is 4.88. The maximum absolute atomic E-state index is 4.85. The molecule has 0 heterocycles. The molecule has 3 N–H and O–H groups in total. The van der Waals surface area contributed by atoms with Crippen LogP contribution in [-0.4, -0.2) is 13.8 Å². The Morgan fingerprint density at radius 3 is 2.60 bits per heavy atom. The lowest BCUT2D eigenvalue weighted by Gasteiger charge is -1.88. The summed E-state index contributed by atoms with van der Waals surface area (Å²) in [6.07, 6.45) is 0. The fourth-order valence-corrected chi connectivity index (χ4v) is 0.0833. The molecule has 0 rings (SSSR count). The maximum atomic E-state index is 4.85. The fraction of sp³-hybridized carbons (Fsp3) is 1.00. The van der Waals surface area contributed by atoms with Crippen molar-refractivity contribution in [1.82, 2.24) is 5.48 Å². The molecule has 0 aliphatic carbocycles. The highest BCUT2D eigenvalue weighted by molar-refractivity contribution is 3.93. The van der Waals surface area contributed by atoms with Crippen molar-refractivity contribution in [3.8, 4) is 0 Å². The van der Waals surface area contributed by atoms with Crippen molar-refractivity contribution in [2.24, 2.45) is 5.73 Å². The zero-order valence-electron chi connectivity index (χ0n) is 3.19. The van der Waals surface area contributed by atoms with Gasteiger partial charge in [0.25, 0.3) is 0 Å². The minimum Gasteiger partial charge on any atom is -0.307 e. The molecule has 0 fully saturated rings. The Hall–Kier alpha value is -0.120. The van der Waals surface area contributed by atoms with Crippen LogP contribution in [0, 0.1) is 0 Å². The lowest BCUT2D eigenvalue weighted by molar-refractivity contribution is 0.0632. The average Bonchev–Trinajstić information content (AvgIpc) is 1.41. The van der Waals surface area contributed by atoms with Crippen LogP contribution in [-0.2, 0) is 4.84 Å². The van der Waals surface area contributed by atoms with E-state index in [2.05, 4.69) is 10.3 Å². The summed E-state index contributed by atoms with van der Waals surface area (Å²) in [6.45, 7) is 0.233. The van der Waals surface area contributed by atoms with Gasteiger partial charge in [-0.3, -0.25) is 4.84 Å². The number of hydrogen-bond donors (Lipinski definition) is 2. The van der Waals surface area contributed by atoms with E-state index in [-0.39, 0.29) is 6.73 Å². The number of hydroxylamine groups is 1. The van der Waals surface area contributed by atoms with Gasteiger partial charge in [-0.2, -0.15) is 0 Å². The van der Waals surface area contributed by atoms with Crippen LogP contribution in [0.15, 0.2) is 0 Å². The van der Waals surface area contributed by atoms with Gasteiger partial charge in [-0.15, -0.1) is 0 Å². The zero-order valence-corrected chi connectivity index (χ0v) is 3.19. The van der Waals surface area contributed by atoms with Crippen LogP contribution in [0.25, 0.3) is 0 Å². The fourth-order valence-electron chi connectivity index (χ4n) is 0.0833. The van der Waals surface area contributed by atoms with Gasteiger partial charge in [0.2, 0.25) is 0 Å². The molecular weight excluding hydrogens is 68.0 g/mol. The number of rotatable bonds is 2. The molecule has 32 valence electrons. The van der Waals surface area contributed by atoms with Gasteiger partial charge in [-0.1, -0.05) is 0 Å². The Bertz CT molecular complexity index is 15.1. The topological polar surface area (TPSA) is 47.3 Å². The SMILES string of the molecule is CNOCN. The molecule has 5 heavy (non-hydrogen) atoms. The second-order valence-electron chi connectivity index (χ2n) is 0.515. The van der Waals surface area contributed by atoms with E-state index in [1.165, 1.54) is 0 Å². The van der Waals surface area contributed by atoms with Crippen molar-refractivity contribution in [1.29, 1.82) is 0 Å². The molecule has 0 atom stereocenters. The van der Waals surface area contributed by atoms with Gasteiger partial charge in [-0.25, -0.2) is 5.48 Å². The molecule has 0 amide bonds. The molecule has 0 aliphatic heterocycles. The summed E-state index contributed by atoms with van der Waals surface area (Å²) in [5, 5.41) is 0. The van der Waals surface area contributed by atoms with Gasteiger partial charge in [0, 0.05) is 7.05 Å². The highest BCUT2D eigenvalue weighted by atomic mass is 16.6. The molecular formula is C2H8N2O. The maximum Gasteiger partial charge on any atom is 0.116 e. The van der Waals surface area contributed by atoms with E-state index in [9.17, 15) is 0 Å². The van der Waals surface area contributed by atoms with Crippen LogP contribution < -0.4 is 11.2 Å². The predicted molar refractivity (Wildman–Crippen MR) is 19.2 cm³/mol. The summed E-state index contributed by atoms with van der Waals surface area (Å²) in [5.74, 6) is 0. The molecule has 0 aromatic heterocycles. The van der Waals surface area contributed by atoms with Crippen molar-refractivity contribution in [3.63, 3.8) is 0 Å². The van der Waals surface area contributed by atoms with Crippen LogP contribution in [0.2, 0.25) is 0 Å². The normalized spacial score (nSPS) is 8.40. The summed E-state index contributed by atoms with van der Waals surface area (Å²) in [6, 6.07) is 0. The molecule has 3 heteroatoms. The molecule has 0 aliphatic rings. The standard InChI is InChI=1S/C2H8N2O/c1-4-5-2-3/h4H,2-3H2,1H3. The molecule has 3 nitrogen and oxygen atoms in total. The summed E-state index contributed by atoms with van der Waals surface area (Å²) in [4.78, 5) is 4.36. The molecule has 0 aromatic rings. The molecule has 0 radical (unpaired) electrons. The zero-order chi connectivity index (χ0) is 4.12. The third kappa shape index (κ3) is 3.88. The first-order valence-corrected chi connectivity index (χ1v) is 1.40. The van der Waals surface area contributed by atoms with E-state index in [0.29, 0.717) is 0 Å². The summed E-state index contributed by atoms with van der Waals surface area (Å²) in [7, 11) is 1.66. The summed E-state index contributed by atoms with van der Waals surface area (Å²) >= 11 is 0. The molecule has 0 saturated heterocycles. The van der Waals surface area contributed by atoms with Crippen LogP contribution in [0.3, 0.4) is 0 Å². The largest absolute Gasteiger partial charge is 0.307 e. The second kappa shape index (κ2) is 3.88. The lowest BCUT2D eigenvalue weighted by Crippen LogP contribution is -2.13. The molecule has 0 bridgehead atoms. The average molecular weight is 76.1 g/mol. The minimum absolute atomic E-state index is 0.233. The number of hydrogen-bond acceptors (Lipinski definition) is 3. The van der Waals surface area contributed by atoms with Gasteiger partial charge < -0.3 is 5.73 Å². The number of nitrogens with two attached hydrogens (primary N) is 1. The third-order valence-electron chi connectivity index (χ3n) is 0.228. The van der Waals surface area contributed by atoms with Gasteiger partial charge in [0.05, 0.1) is 0 Å². The monoisotopic (exact) mass is 76.1 g/mol. The first-order valence-electron chi connectivity index (χ1n) is 1.40. The Morgan fingerprint density at radius 1 is 2.00 bits per heavy atom. The molecule has 0 spiro atoms.